The van der Waals surface area contributed by atoms with Crippen LogP contribution in [0.15, 0.2) is 0 Å². The van der Waals surface area contributed by atoms with Crippen LogP contribution in [0.2, 0.25) is 0 Å². The number of amides is 1. The van der Waals surface area contributed by atoms with Crippen LogP contribution in [-0.2, 0) is 4.74 Å². The lowest BCUT2D eigenvalue weighted by Gasteiger charge is -2.40. The second kappa shape index (κ2) is 7.10. The molecule has 0 spiro atoms. The third-order valence-corrected chi connectivity index (χ3v) is 3.29. The van der Waals surface area contributed by atoms with Gasteiger partial charge in [-0.05, 0) is 33.9 Å². The molecule has 1 aliphatic heterocycles. The fourth-order valence-corrected chi connectivity index (χ4v) is 2.05. The highest BCUT2D eigenvalue weighted by molar-refractivity contribution is 5.69. The Morgan fingerprint density at radius 1 is 1.32 bits per heavy atom. The van der Waals surface area contributed by atoms with Gasteiger partial charge in [0.2, 0.25) is 0 Å². The number of carbonyl (C=O) groups excluding carboxylic acids is 1. The SMILES string of the molecule is CCN(CC)CCNC1CN(C(=O)OC(C)(C)C)C1. The van der Waals surface area contributed by atoms with Crippen molar-refractivity contribution in [2.24, 2.45) is 0 Å². The van der Waals surface area contributed by atoms with E-state index in [4.69, 9.17) is 4.74 Å². The Morgan fingerprint density at radius 3 is 2.37 bits per heavy atom. The molecule has 0 aromatic heterocycles. The van der Waals surface area contributed by atoms with Gasteiger partial charge >= 0.3 is 6.09 Å². The predicted molar refractivity (Wildman–Crippen MR) is 77.4 cm³/mol. The average Bonchev–Trinajstić information content (AvgIpc) is 2.24. The highest BCUT2D eigenvalue weighted by Gasteiger charge is 2.33. The van der Waals surface area contributed by atoms with E-state index in [9.17, 15) is 4.79 Å². The first-order chi connectivity index (χ1) is 8.85. The van der Waals surface area contributed by atoms with E-state index in [1.807, 2.05) is 20.8 Å². The van der Waals surface area contributed by atoms with Crippen molar-refractivity contribution in [3.05, 3.63) is 0 Å². The number of nitrogens with one attached hydrogen (secondary N) is 1. The van der Waals surface area contributed by atoms with E-state index in [0.717, 1.165) is 39.3 Å². The third kappa shape index (κ3) is 5.78. The van der Waals surface area contributed by atoms with Crippen LogP contribution < -0.4 is 5.32 Å². The van der Waals surface area contributed by atoms with E-state index >= 15 is 0 Å². The first-order valence-corrected chi connectivity index (χ1v) is 7.29. The van der Waals surface area contributed by atoms with Gasteiger partial charge < -0.3 is 19.9 Å². The molecule has 0 radical (unpaired) electrons. The first-order valence-electron chi connectivity index (χ1n) is 7.29. The summed E-state index contributed by atoms with van der Waals surface area (Å²) in [4.78, 5) is 15.9. The molecule has 0 aliphatic carbocycles. The van der Waals surface area contributed by atoms with Gasteiger partial charge in [0, 0.05) is 32.2 Å². The van der Waals surface area contributed by atoms with E-state index in [2.05, 4.69) is 24.1 Å². The lowest BCUT2D eigenvalue weighted by Crippen LogP contribution is -2.61. The van der Waals surface area contributed by atoms with Crippen molar-refractivity contribution in [3.8, 4) is 0 Å². The number of nitrogens with zero attached hydrogens (tertiary/aromatic N) is 2. The summed E-state index contributed by atoms with van der Waals surface area (Å²) in [6, 6.07) is 0.420. The van der Waals surface area contributed by atoms with Crippen molar-refractivity contribution in [2.45, 2.75) is 46.3 Å². The number of likely N-dealkylation sites (N-methyl/N-ethyl adjacent to an activating group) is 1. The molecule has 1 aliphatic rings. The highest BCUT2D eigenvalue weighted by Crippen LogP contribution is 2.14. The molecule has 1 saturated heterocycles. The number of rotatable bonds is 6. The summed E-state index contributed by atoms with van der Waals surface area (Å²) in [7, 11) is 0. The minimum atomic E-state index is -0.404. The Balaban J connectivity index is 2.12. The van der Waals surface area contributed by atoms with E-state index in [1.54, 1.807) is 4.90 Å². The van der Waals surface area contributed by atoms with Crippen molar-refractivity contribution in [1.29, 1.82) is 0 Å². The zero-order chi connectivity index (χ0) is 14.5. The van der Waals surface area contributed by atoms with Crippen LogP contribution in [0.4, 0.5) is 4.79 Å². The standard InChI is InChI=1S/C14H29N3O2/c1-6-16(7-2)9-8-15-12-10-17(11-12)13(18)19-14(3,4)5/h12,15H,6-11H2,1-5H3. The van der Waals surface area contributed by atoms with Gasteiger partial charge in [-0.3, -0.25) is 0 Å². The summed E-state index contributed by atoms with van der Waals surface area (Å²) in [5.74, 6) is 0. The molecule has 0 atom stereocenters. The Kier molecular flexibility index (Phi) is 6.07. The van der Waals surface area contributed by atoms with E-state index in [1.165, 1.54) is 0 Å². The number of hydrogen-bond donors (Lipinski definition) is 1. The van der Waals surface area contributed by atoms with E-state index in [0.29, 0.717) is 6.04 Å². The zero-order valence-corrected chi connectivity index (χ0v) is 13.0. The van der Waals surface area contributed by atoms with Crippen molar-refractivity contribution in [2.75, 3.05) is 39.3 Å². The summed E-state index contributed by atoms with van der Waals surface area (Å²) >= 11 is 0. The van der Waals surface area contributed by atoms with Gasteiger partial charge in [-0.15, -0.1) is 0 Å². The molecular weight excluding hydrogens is 242 g/mol. The van der Waals surface area contributed by atoms with Gasteiger partial charge in [-0.1, -0.05) is 13.8 Å². The van der Waals surface area contributed by atoms with Crippen LogP contribution in [0, 0.1) is 0 Å². The number of ether oxygens (including phenoxy) is 1. The summed E-state index contributed by atoms with van der Waals surface area (Å²) in [6.45, 7) is 15.8. The summed E-state index contributed by atoms with van der Waals surface area (Å²) in [5, 5.41) is 3.47. The number of likely N-dealkylation sites (tertiary alicyclic amines) is 1. The molecular formula is C14H29N3O2. The van der Waals surface area contributed by atoms with Crippen LogP contribution >= 0.6 is 0 Å². The maximum Gasteiger partial charge on any atom is 0.410 e. The van der Waals surface area contributed by atoms with Crippen LogP contribution in [0.3, 0.4) is 0 Å². The Morgan fingerprint density at radius 2 is 1.89 bits per heavy atom. The van der Waals surface area contributed by atoms with Crippen molar-refractivity contribution in [1.82, 2.24) is 15.1 Å². The molecule has 0 saturated carbocycles. The lowest BCUT2D eigenvalue weighted by atomic mass is 10.1. The van der Waals surface area contributed by atoms with Crippen molar-refractivity contribution >= 4 is 6.09 Å². The molecule has 5 heteroatoms. The highest BCUT2D eigenvalue weighted by atomic mass is 16.6. The molecule has 1 heterocycles. The molecule has 0 bridgehead atoms. The third-order valence-electron chi connectivity index (χ3n) is 3.29. The van der Waals surface area contributed by atoms with Crippen molar-refractivity contribution < 1.29 is 9.53 Å². The van der Waals surface area contributed by atoms with E-state index in [-0.39, 0.29) is 6.09 Å². The fourth-order valence-electron chi connectivity index (χ4n) is 2.05. The topological polar surface area (TPSA) is 44.8 Å². The van der Waals surface area contributed by atoms with Crippen LogP contribution in [0.1, 0.15) is 34.6 Å². The largest absolute Gasteiger partial charge is 0.444 e. The fraction of sp³-hybridized carbons (Fsp3) is 0.929. The maximum absolute atomic E-state index is 11.7. The summed E-state index contributed by atoms with van der Waals surface area (Å²) < 4.78 is 5.32. The van der Waals surface area contributed by atoms with Crippen molar-refractivity contribution in [3.63, 3.8) is 0 Å². The van der Waals surface area contributed by atoms with E-state index < -0.39 is 5.60 Å². The lowest BCUT2D eigenvalue weighted by molar-refractivity contribution is 0.00521. The molecule has 1 N–H and O–H groups in total. The molecule has 5 nitrogen and oxygen atoms in total. The molecule has 0 aromatic rings. The van der Waals surface area contributed by atoms with Gasteiger partial charge in [-0.2, -0.15) is 0 Å². The second-order valence-corrected chi connectivity index (χ2v) is 6.06. The molecule has 0 aromatic carbocycles. The molecule has 19 heavy (non-hydrogen) atoms. The molecule has 1 amide bonds. The smallest absolute Gasteiger partial charge is 0.410 e. The van der Waals surface area contributed by atoms with Gasteiger partial charge in [-0.25, -0.2) is 4.79 Å². The average molecular weight is 271 g/mol. The summed E-state index contributed by atoms with van der Waals surface area (Å²) in [5.41, 5.74) is -0.404. The first kappa shape index (κ1) is 16.2. The Labute approximate surface area is 117 Å². The maximum atomic E-state index is 11.7. The number of carbonyl (C=O) groups is 1. The minimum absolute atomic E-state index is 0.200. The number of hydrogen-bond acceptors (Lipinski definition) is 4. The quantitative estimate of drug-likeness (QED) is 0.796. The van der Waals surface area contributed by atoms with Gasteiger partial charge in [0.15, 0.2) is 0 Å². The zero-order valence-electron chi connectivity index (χ0n) is 13.0. The predicted octanol–water partition coefficient (Wildman–Crippen LogP) is 1.54. The second-order valence-electron chi connectivity index (χ2n) is 6.06. The Bertz CT molecular complexity index is 279. The molecule has 112 valence electrons. The van der Waals surface area contributed by atoms with Crippen LogP contribution in [0.5, 0.6) is 0 Å². The van der Waals surface area contributed by atoms with Gasteiger partial charge in [0.25, 0.3) is 0 Å². The van der Waals surface area contributed by atoms with Gasteiger partial charge in [0.1, 0.15) is 5.60 Å². The molecule has 1 fully saturated rings. The monoisotopic (exact) mass is 271 g/mol. The Hall–Kier alpha value is -0.810. The van der Waals surface area contributed by atoms with Crippen LogP contribution in [-0.4, -0.2) is 66.8 Å². The van der Waals surface area contributed by atoms with Crippen LogP contribution in [0.25, 0.3) is 0 Å². The summed E-state index contributed by atoms with van der Waals surface area (Å²) in [6.07, 6.45) is -0.200. The normalized spacial score (nSPS) is 16.6. The minimum Gasteiger partial charge on any atom is -0.444 e. The molecule has 0 unspecified atom stereocenters. The molecule has 1 rings (SSSR count). The van der Waals surface area contributed by atoms with Gasteiger partial charge in [0.05, 0.1) is 0 Å².